The maximum absolute atomic E-state index is 12.6. The van der Waals surface area contributed by atoms with Gasteiger partial charge >= 0.3 is 0 Å². The van der Waals surface area contributed by atoms with Crippen molar-refractivity contribution in [1.82, 2.24) is 9.80 Å². The molecular formula is C15H27N3O2. The van der Waals surface area contributed by atoms with Gasteiger partial charge in [0, 0.05) is 33.1 Å². The zero-order valence-electron chi connectivity index (χ0n) is 12.7. The number of nitrogens with two attached hydrogens (primary N) is 1. The molecular weight excluding hydrogens is 254 g/mol. The second kappa shape index (κ2) is 6.12. The van der Waals surface area contributed by atoms with E-state index < -0.39 is 5.54 Å². The number of nitrogens with zero attached hydrogens (tertiary/aromatic N) is 2. The van der Waals surface area contributed by atoms with Gasteiger partial charge < -0.3 is 15.5 Å². The van der Waals surface area contributed by atoms with Crippen LogP contribution in [0.4, 0.5) is 0 Å². The highest BCUT2D eigenvalue weighted by atomic mass is 16.2. The lowest BCUT2D eigenvalue weighted by Crippen LogP contribution is -2.58. The zero-order chi connectivity index (χ0) is 14.8. The number of hydrogen-bond donors (Lipinski definition) is 1. The quantitative estimate of drug-likeness (QED) is 0.820. The van der Waals surface area contributed by atoms with Gasteiger partial charge in [-0.3, -0.25) is 9.59 Å². The maximum Gasteiger partial charge on any atom is 0.242 e. The topological polar surface area (TPSA) is 66.6 Å². The van der Waals surface area contributed by atoms with E-state index in [-0.39, 0.29) is 17.7 Å². The Kier molecular flexibility index (Phi) is 4.68. The van der Waals surface area contributed by atoms with Crippen molar-refractivity contribution >= 4 is 11.8 Å². The first kappa shape index (κ1) is 15.3. The third-order valence-corrected chi connectivity index (χ3v) is 4.74. The van der Waals surface area contributed by atoms with Gasteiger partial charge in [0.25, 0.3) is 0 Å². The summed E-state index contributed by atoms with van der Waals surface area (Å²) in [6.07, 6.45) is 6.43. The molecule has 20 heavy (non-hydrogen) atoms. The summed E-state index contributed by atoms with van der Waals surface area (Å²) in [6, 6.07) is 0. The summed E-state index contributed by atoms with van der Waals surface area (Å²) in [5.41, 5.74) is 5.67. The molecule has 0 aromatic rings. The SMILES string of the molecule is CN(C)C(=O)C1CCN(C(=O)C2(N)CCCCC2)CC1. The molecule has 1 saturated heterocycles. The lowest BCUT2D eigenvalue weighted by atomic mass is 9.81. The summed E-state index contributed by atoms with van der Waals surface area (Å²) in [5, 5.41) is 0. The van der Waals surface area contributed by atoms with Crippen LogP contribution >= 0.6 is 0 Å². The molecule has 0 spiro atoms. The second-order valence-electron chi connectivity index (χ2n) is 6.52. The lowest BCUT2D eigenvalue weighted by Gasteiger charge is -2.40. The predicted molar refractivity (Wildman–Crippen MR) is 78.0 cm³/mol. The van der Waals surface area contributed by atoms with Crippen molar-refractivity contribution in [3.63, 3.8) is 0 Å². The number of piperidine rings is 1. The van der Waals surface area contributed by atoms with Crippen molar-refractivity contribution in [2.45, 2.75) is 50.5 Å². The normalized spacial score (nSPS) is 23.4. The van der Waals surface area contributed by atoms with Crippen molar-refractivity contribution in [2.24, 2.45) is 11.7 Å². The summed E-state index contributed by atoms with van der Waals surface area (Å²) in [7, 11) is 3.58. The van der Waals surface area contributed by atoms with Crippen LogP contribution in [0.2, 0.25) is 0 Å². The van der Waals surface area contributed by atoms with E-state index >= 15 is 0 Å². The van der Waals surface area contributed by atoms with Crippen LogP contribution in [0.25, 0.3) is 0 Å². The van der Waals surface area contributed by atoms with E-state index in [1.165, 1.54) is 6.42 Å². The minimum Gasteiger partial charge on any atom is -0.349 e. The molecule has 2 amide bonds. The molecule has 0 aromatic carbocycles. The van der Waals surface area contributed by atoms with E-state index in [9.17, 15) is 9.59 Å². The molecule has 114 valence electrons. The smallest absolute Gasteiger partial charge is 0.242 e. The predicted octanol–water partition coefficient (Wildman–Crippen LogP) is 0.975. The van der Waals surface area contributed by atoms with Crippen LogP contribution in [0.1, 0.15) is 44.9 Å². The first-order valence-electron chi connectivity index (χ1n) is 7.73. The van der Waals surface area contributed by atoms with Crippen molar-refractivity contribution in [3.05, 3.63) is 0 Å². The Morgan fingerprint density at radius 2 is 1.65 bits per heavy atom. The van der Waals surface area contributed by atoms with Crippen LogP contribution in [-0.4, -0.2) is 54.3 Å². The molecule has 0 bridgehead atoms. The van der Waals surface area contributed by atoms with E-state index in [0.717, 1.165) is 38.5 Å². The van der Waals surface area contributed by atoms with Gasteiger partial charge in [-0.15, -0.1) is 0 Å². The minimum absolute atomic E-state index is 0.0640. The number of amides is 2. The number of carbonyl (C=O) groups excluding carboxylic acids is 2. The molecule has 0 atom stereocenters. The first-order chi connectivity index (χ1) is 9.44. The molecule has 1 aliphatic carbocycles. The minimum atomic E-state index is -0.642. The maximum atomic E-state index is 12.6. The molecule has 0 radical (unpaired) electrons. The van der Waals surface area contributed by atoms with E-state index in [1.54, 1.807) is 19.0 Å². The van der Waals surface area contributed by atoms with Gasteiger partial charge in [-0.05, 0) is 25.7 Å². The summed E-state index contributed by atoms with van der Waals surface area (Å²) in [5.74, 6) is 0.347. The monoisotopic (exact) mass is 281 g/mol. The third kappa shape index (κ3) is 3.14. The second-order valence-corrected chi connectivity index (χ2v) is 6.52. The Morgan fingerprint density at radius 3 is 2.15 bits per heavy atom. The molecule has 2 aliphatic rings. The van der Waals surface area contributed by atoms with Crippen LogP contribution in [0.15, 0.2) is 0 Å². The molecule has 1 aliphatic heterocycles. The van der Waals surface area contributed by atoms with Gasteiger partial charge in [0.2, 0.25) is 11.8 Å². The molecule has 2 N–H and O–H groups in total. The highest BCUT2D eigenvalue weighted by molar-refractivity contribution is 5.86. The van der Waals surface area contributed by atoms with Crippen LogP contribution < -0.4 is 5.73 Å². The largest absolute Gasteiger partial charge is 0.349 e. The lowest BCUT2D eigenvalue weighted by molar-refractivity contribution is -0.143. The number of hydrogen-bond acceptors (Lipinski definition) is 3. The highest BCUT2D eigenvalue weighted by Crippen LogP contribution is 2.29. The van der Waals surface area contributed by atoms with Crippen LogP contribution in [0.5, 0.6) is 0 Å². The van der Waals surface area contributed by atoms with Crippen LogP contribution in [0.3, 0.4) is 0 Å². The molecule has 1 saturated carbocycles. The number of likely N-dealkylation sites (tertiary alicyclic amines) is 1. The Balaban J connectivity index is 1.90. The van der Waals surface area contributed by atoms with E-state index in [1.807, 2.05) is 4.90 Å². The molecule has 0 aromatic heterocycles. The summed E-state index contributed by atoms with van der Waals surface area (Å²) < 4.78 is 0. The van der Waals surface area contributed by atoms with Crippen molar-refractivity contribution in [3.8, 4) is 0 Å². The van der Waals surface area contributed by atoms with Crippen molar-refractivity contribution in [1.29, 1.82) is 0 Å². The van der Waals surface area contributed by atoms with Crippen LogP contribution in [-0.2, 0) is 9.59 Å². The fourth-order valence-corrected chi connectivity index (χ4v) is 3.41. The van der Waals surface area contributed by atoms with Gasteiger partial charge in [-0.1, -0.05) is 19.3 Å². The first-order valence-corrected chi connectivity index (χ1v) is 7.73. The van der Waals surface area contributed by atoms with E-state index in [4.69, 9.17) is 5.73 Å². The Hall–Kier alpha value is -1.10. The Bertz CT molecular complexity index is 367. The molecule has 5 heteroatoms. The fourth-order valence-electron chi connectivity index (χ4n) is 3.41. The number of rotatable bonds is 2. The standard InChI is InChI=1S/C15H27N3O2/c1-17(2)13(19)12-6-10-18(11-7-12)14(20)15(16)8-4-3-5-9-15/h12H,3-11,16H2,1-2H3. The van der Waals surface area contributed by atoms with Crippen LogP contribution in [0, 0.1) is 5.92 Å². The Labute approximate surface area is 121 Å². The molecule has 1 heterocycles. The average molecular weight is 281 g/mol. The Morgan fingerprint density at radius 1 is 1.10 bits per heavy atom. The van der Waals surface area contributed by atoms with Crippen molar-refractivity contribution < 1.29 is 9.59 Å². The van der Waals surface area contributed by atoms with E-state index in [2.05, 4.69) is 0 Å². The van der Waals surface area contributed by atoms with Gasteiger partial charge in [0.15, 0.2) is 0 Å². The zero-order valence-corrected chi connectivity index (χ0v) is 12.7. The molecule has 5 nitrogen and oxygen atoms in total. The fraction of sp³-hybridized carbons (Fsp3) is 0.867. The molecule has 2 fully saturated rings. The molecule has 2 rings (SSSR count). The van der Waals surface area contributed by atoms with E-state index in [0.29, 0.717) is 13.1 Å². The van der Waals surface area contributed by atoms with Gasteiger partial charge in [-0.2, -0.15) is 0 Å². The van der Waals surface area contributed by atoms with Gasteiger partial charge in [-0.25, -0.2) is 0 Å². The summed E-state index contributed by atoms with van der Waals surface area (Å²) >= 11 is 0. The highest BCUT2D eigenvalue weighted by Gasteiger charge is 2.40. The summed E-state index contributed by atoms with van der Waals surface area (Å²) in [4.78, 5) is 28.1. The average Bonchev–Trinajstić information content (AvgIpc) is 2.46. The van der Waals surface area contributed by atoms with Gasteiger partial charge in [0.05, 0.1) is 5.54 Å². The third-order valence-electron chi connectivity index (χ3n) is 4.74. The molecule has 0 unspecified atom stereocenters. The van der Waals surface area contributed by atoms with Crippen molar-refractivity contribution in [2.75, 3.05) is 27.2 Å². The van der Waals surface area contributed by atoms with Gasteiger partial charge in [0.1, 0.15) is 0 Å². The number of carbonyl (C=O) groups is 2. The summed E-state index contributed by atoms with van der Waals surface area (Å²) in [6.45, 7) is 1.34.